The van der Waals surface area contributed by atoms with Crippen molar-refractivity contribution < 1.29 is 14.0 Å². The van der Waals surface area contributed by atoms with Gasteiger partial charge in [0.1, 0.15) is 0 Å². The molecular weight excluding hydrogens is 363 g/mol. The molecule has 0 aliphatic rings. The molecule has 0 saturated heterocycles. The van der Waals surface area contributed by atoms with Crippen molar-refractivity contribution in [2.75, 3.05) is 10.6 Å². The molecule has 0 radical (unpaired) electrons. The number of carbonyl (C=O) groups is 2. The van der Waals surface area contributed by atoms with E-state index in [1.165, 1.54) is 6.26 Å². The van der Waals surface area contributed by atoms with Crippen LogP contribution in [0.3, 0.4) is 0 Å². The Morgan fingerprint density at radius 1 is 0.800 bits per heavy atom. The van der Waals surface area contributed by atoms with E-state index in [4.69, 9.17) is 27.6 Å². The second-order valence-electron chi connectivity index (χ2n) is 5.09. The number of amides is 2. The minimum absolute atomic E-state index is 0.210. The summed E-state index contributed by atoms with van der Waals surface area (Å²) in [5.41, 5.74) is 1.52. The Hall–Kier alpha value is -2.76. The fourth-order valence-electron chi connectivity index (χ4n) is 2.08. The van der Waals surface area contributed by atoms with Gasteiger partial charge in [0.05, 0.1) is 16.3 Å². The van der Waals surface area contributed by atoms with E-state index >= 15 is 0 Å². The number of anilines is 2. The number of hydrogen-bond acceptors (Lipinski definition) is 3. The van der Waals surface area contributed by atoms with Gasteiger partial charge in [0.15, 0.2) is 5.76 Å². The first-order chi connectivity index (χ1) is 12.0. The second kappa shape index (κ2) is 7.42. The highest BCUT2D eigenvalue weighted by Crippen LogP contribution is 2.25. The van der Waals surface area contributed by atoms with Crippen LogP contribution in [0.1, 0.15) is 20.9 Å². The van der Waals surface area contributed by atoms with Crippen LogP contribution in [0.15, 0.2) is 65.3 Å². The monoisotopic (exact) mass is 374 g/mol. The van der Waals surface area contributed by atoms with Gasteiger partial charge in [0.2, 0.25) is 0 Å². The fraction of sp³-hybridized carbons (Fsp3) is 0. The van der Waals surface area contributed by atoms with Gasteiger partial charge in [-0.05, 0) is 54.6 Å². The summed E-state index contributed by atoms with van der Waals surface area (Å²) in [4.78, 5) is 24.1. The molecule has 1 heterocycles. The Kier molecular flexibility index (Phi) is 5.07. The van der Waals surface area contributed by atoms with Crippen molar-refractivity contribution in [1.29, 1.82) is 0 Å². The number of nitrogens with one attached hydrogen (secondary N) is 2. The average Bonchev–Trinajstić information content (AvgIpc) is 3.13. The van der Waals surface area contributed by atoms with Crippen LogP contribution in [0.5, 0.6) is 0 Å². The van der Waals surface area contributed by atoms with Gasteiger partial charge in [-0.15, -0.1) is 0 Å². The lowest BCUT2D eigenvalue weighted by Crippen LogP contribution is -2.13. The van der Waals surface area contributed by atoms with Crippen molar-refractivity contribution >= 4 is 46.4 Å². The van der Waals surface area contributed by atoms with Crippen LogP contribution < -0.4 is 10.6 Å². The molecule has 2 aromatic carbocycles. The van der Waals surface area contributed by atoms with Crippen molar-refractivity contribution in [2.45, 2.75) is 0 Å². The predicted octanol–water partition coefficient (Wildman–Crippen LogP) is 5.09. The Morgan fingerprint density at radius 3 is 2.12 bits per heavy atom. The molecule has 5 nitrogen and oxygen atoms in total. The molecule has 0 saturated carbocycles. The number of furan rings is 1. The number of hydrogen-bond donors (Lipinski definition) is 2. The maximum Gasteiger partial charge on any atom is 0.291 e. The summed E-state index contributed by atoms with van der Waals surface area (Å²) in [7, 11) is 0. The number of rotatable bonds is 4. The Labute approximate surface area is 153 Å². The Bertz CT molecular complexity index is 907. The third-order valence-electron chi connectivity index (χ3n) is 3.33. The molecule has 0 fully saturated rings. The van der Waals surface area contributed by atoms with Crippen molar-refractivity contribution in [1.82, 2.24) is 0 Å². The van der Waals surface area contributed by atoms with Crippen LogP contribution in [-0.2, 0) is 0 Å². The topological polar surface area (TPSA) is 71.3 Å². The second-order valence-corrected chi connectivity index (χ2v) is 5.91. The van der Waals surface area contributed by atoms with E-state index in [0.717, 1.165) is 0 Å². The molecule has 0 aliphatic carbocycles. The molecule has 7 heteroatoms. The SMILES string of the molecule is O=C(Nc1ccc(Cl)c(Cl)c1)c1ccc(NC(=O)c2ccco2)cc1. The molecule has 0 aliphatic heterocycles. The molecule has 2 amide bonds. The largest absolute Gasteiger partial charge is 0.459 e. The van der Waals surface area contributed by atoms with Gasteiger partial charge in [-0.25, -0.2) is 0 Å². The quantitative estimate of drug-likeness (QED) is 0.667. The van der Waals surface area contributed by atoms with Gasteiger partial charge in [0, 0.05) is 16.9 Å². The van der Waals surface area contributed by atoms with Crippen LogP contribution in [0.25, 0.3) is 0 Å². The maximum atomic E-state index is 12.2. The first kappa shape index (κ1) is 17.1. The van der Waals surface area contributed by atoms with Crippen LogP contribution in [0.2, 0.25) is 10.0 Å². The molecule has 25 heavy (non-hydrogen) atoms. The van der Waals surface area contributed by atoms with Gasteiger partial charge < -0.3 is 15.1 Å². The summed E-state index contributed by atoms with van der Waals surface area (Å²) >= 11 is 11.8. The van der Waals surface area contributed by atoms with Crippen LogP contribution in [-0.4, -0.2) is 11.8 Å². The highest BCUT2D eigenvalue weighted by molar-refractivity contribution is 6.42. The summed E-state index contributed by atoms with van der Waals surface area (Å²) in [5.74, 6) is -0.457. The van der Waals surface area contributed by atoms with Crippen LogP contribution >= 0.6 is 23.2 Å². The molecular formula is C18H12Cl2N2O3. The van der Waals surface area contributed by atoms with Gasteiger partial charge in [-0.1, -0.05) is 23.2 Å². The van der Waals surface area contributed by atoms with Gasteiger partial charge in [-0.2, -0.15) is 0 Å². The lowest BCUT2D eigenvalue weighted by Gasteiger charge is -2.08. The summed E-state index contributed by atoms with van der Waals surface area (Å²) < 4.78 is 5.02. The minimum atomic E-state index is -0.363. The van der Waals surface area contributed by atoms with Gasteiger partial charge >= 0.3 is 0 Å². The summed E-state index contributed by atoms with van der Waals surface area (Å²) in [6.45, 7) is 0. The van der Waals surface area contributed by atoms with E-state index in [2.05, 4.69) is 10.6 Å². The van der Waals surface area contributed by atoms with Crippen molar-refractivity contribution in [2.24, 2.45) is 0 Å². The molecule has 1 aromatic heterocycles. The van der Waals surface area contributed by atoms with Gasteiger partial charge in [0.25, 0.3) is 11.8 Å². The molecule has 0 unspecified atom stereocenters. The summed E-state index contributed by atoms with van der Waals surface area (Å²) in [5, 5.41) is 6.17. The van der Waals surface area contributed by atoms with E-state index in [9.17, 15) is 9.59 Å². The standard InChI is InChI=1S/C18H12Cl2N2O3/c19-14-8-7-13(10-15(14)20)22-17(23)11-3-5-12(6-4-11)21-18(24)16-2-1-9-25-16/h1-10H,(H,21,24)(H,22,23). The predicted molar refractivity (Wildman–Crippen MR) is 97.5 cm³/mol. The molecule has 3 rings (SSSR count). The first-order valence-electron chi connectivity index (χ1n) is 7.24. The van der Waals surface area contributed by atoms with Crippen molar-refractivity contribution in [3.05, 3.63) is 82.2 Å². The van der Waals surface area contributed by atoms with E-state index < -0.39 is 0 Å². The molecule has 0 bridgehead atoms. The lowest BCUT2D eigenvalue weighted by atomic mass is 10.2. The first-order valence-corrected chi connectivity index (χ1v) is 8.00. The Balaban J connectivity index is 1.66. The van der Waals surface area contributed by atoms with E-state index in [-0.39, 0.29) is 17.6 Å². The molecule has 3 aromatic rings. The highest BCUT2D eigenvalue weighted by Gasteiger charge is 2.10. The molecule has 126 valence electrons. The van der Waals surface area contributed by atoms with E-state index in [0.29, 0.717) is 27.0 Å². The highest BCUT2D eigenvalue weighted by atomic mass is 35.5. The smallest absolute Gasteiger partial charge is 0.291 e. The fourth-order valence-corrected chi connectivity index (χ4v) is 2.38. The Morgan fingerprint density at radius 2 is 1.48 bits per heavy atom. The normalized spacial score (nSPS) is 10.3. The maximum absolute atomic E-state index is 12.2. The molecule has 2 N–H and O–H groups in total. The number of benzene rings is 2. The number of halogens is 2. The van der Waals surface area contributed by atoms with Crippen LogP contribution in [0.4, 0.5) is 11.4 Å². The zero-order valence-electron chi connectivity index (χ0n) is 12.8. The van der Waals surface area contributed by atoms with E-state index in [1.54, 1.807) is 54.6 Å². The van der Waals surface area contributed by atoms with Gasteiger partial charge in [-0.3, -0.25) is 9.59 Å². The lowest BCUT2D eigenvalue weighted by molar-refractivity contribution is 0.0995. The molecule has 0 atom stereocenters. The summed E-state index contributed by atoms with van der Waals surface area (Å²) in [6.07, 6.45) is 1.42. The molecule has 0 spiro atoms. The minimum Gasteiger partial charge on any atom is -0.459 e. The zero-order chi connectivity index (χ0) is 17.8. The van der Waals surface area contributed by atoms with Crippen LogP contribution in [0, 0.1) is 0 Å². The third kappa shape index (κ3) is 4.21. The van der Waals surface area contributed by atoms with Crippen molar-refractivity contribution in [3.63, 3.8) is 0 Å². The third-order valence-corrected chi connectivity index (χ3v) is 4.07. The summed E-state index contributed by atoms with van der Waals surface area (Å²) in [6, 6.07) is 14.5. The number of carbonyl (C=O) groups excluding carboxylic acids is 2. The average molecular weight is 375 g/mol. The van der Waals surface area contributed by atoms with Crippen molar-refractivity contribution in [3.8, 4) is 0 Å². The zero-order valence-corrected chi connectivity index (χ0v) is 14.3. The van der Waals surface area contributed by atoms with E-state index in [1.807, 2.05) is 0 Å².